The minimum absolute atomic E-state index is 0.157. The molecule has 1 saturated carbocycles. The van der Waals surface area contributed by atoms with Crippen molar-refractivity contribution in [2.75, 3.05) is 0 Å². The van der Waals surface area contributed by atoms with Crippen molar-refractivity contribution < 1.29 is 14.7 Å². The molecule has 0 aromatic rings. The predicted octanol–water partition coefficient (Wildman–Crippen LogP) is 3.03. The minimum Gasteiger partial charge on any atom is -0.481 e. The molecule has 0 atom stereocenters. The zero-order valence-corrected chi connectivity index (χ0v) is 10.3. The van der Waals surface area contributed by atoms with Gasteiger partial charge >= 0.3 is 5.97 Å². The molecule has 0 amide bonds. The number of carboxylic acids is 1. The highest BCUT2D eigenvalue weighted by Crippen LogP contribution is 2.42. The molecular formula is C13H22O3. The fourth-order valence-corrected chi connectivity index (χ4v) is 2.56. The number of carboxylic acid groups (broad SMARTS) is 1. The predicted molar refractivity (Wildman–Crippen MR) is 62.2 cm³/mol. The first kappa shape index (κ1) is 13.2. The Hall–Kier alpha value is -0.860. The zero-order valence-electron chi connectivity index (χ0n) is 10.3. The molecule has 0 heterocycles. The fourth-order valence-electron chi connectivity index (χ4n) is 2.56. The van der Waals surface area contributed by atoms with Crippen LogP contribution in [0.1, 0.15) is 58.8 Å². The van der Waals surface area contributed by atoms with Crippen molar-refractivity contribution in [2.45, 2.75) is 58.8 Å². The normalized spacial score (nSPS) is 30.0. The first-order chi connectivity index (χ1) is 7.46. The number of hydrogen-bond acceptors (Lipinski definition) is 2. The Bertz CT molecular complexity index is 262. The monoisotopic (exact) mass is 226 g/mol. The second-order valence-corrected chi connectivity index (χ2v) is 5.32. The summed E-state index contributed by atoms with van der Waals surface area (Å²) in [6, 6.07) is 0. The van der Waals surface area contributed by atoms with Crippen LogP contribution >= 0.6 is 0 Å². The van der Waals surface area contributed by atoms with E-state index in [0.717, 1.165) is 32.1 Å². The van der Waals surface area contributed by atoms with Crippen molar-refractivity contribution in [1.29, 1.82) is 0 Å². The molecule has 3 heteroatoms. The molecule has 3 nitrogen and oxygen atoms in total. The van der Waals surface area contributed by atoms with Gasteiger partial charge < -0.3 is 9.90 Å². The molecule has 0 saturated heterocycles. The van der Waals surface area contributed by atoms with Crippen molar-refractivity contribution in [2.24, 2.45) is 11.3 Å². The van der Waals surface area contributed by atoms with E-state index in [4.69, 9.17) is 0 Å². The largest absolute Gasteiger partial charge is 0.481 e. The fraction of sp³-hybridized carbons (Fsp3) is 0.846. The van der Waals surface area contributed by atoms with Gasteiger partial charge in [0.2, 0.25) is 0 Å². The van der Waals surface area contributed by atoms with E-state index < -0.39 is 11.4 Å². The number of carbonyl (C=O) groups excluding carboxylic acids is 1. The Morgan fingerprint density at radius 2 is 1.88 bits per heavy atom. The summed E-state index contributed by atoms with van der Waals surface area (Å²) in [6.45, 7) is 3.75. The SMILES string of the molecule is CC(=O)CCCC1(C(=O)O)CCC(C)CC1. The molecule has 1 fully saturated rings. The lowest BCUT2D eigenvalue weighted by Gasteiger charge is -2.35. The van der Waals surface area contributed by atoms with Crippen LogP contribution in [0.3, 0.4) is 0 Å². The van der Waals surface area contributed by atoms with Gasteiger partial charge in [0.1, 0.15) is 5.78 Å². The van der Waals surface area contributed by atoms with Gasteiger partial charge in [0.25, 0.3) is 0 Å². The van der Waals surface area contributed by atoms with Gasteiger partial charge in [-0.3, -0.25) is 4.79 Å². The summed E-state index contributed by atoms with van der Waals surface area (Å²) in [5.74, 6) is 0.146. The Balaban J connectivity index is 2.53. The van der Waals surface area contributed by atoms with Crippen molar-refractivity contribution in [3.63, 3.8) is 0 Å². The van der Waals surface area contributed by atoms with E-state index in [1.165, 1.54) is 0 Å². The molecule has 0 spiro atoms. The van der Waals surface area contributed by atoms with Gasteiger partial charge in [-0.2, -0.15) is 0 Å². The van der Waals surface area contributed by atoms with E-state index in [0.29, 0.717) is 18.8 Å². The first-order valence-corrected chi connectivity index (χ1v) is 6.19. The van der Waals surface area contributed by atoms with Crippen LogP contribution in [-0.2, 0) is 9.59 Å². The van der Waals surface area contributed by atoms with Crippen LogP contribution in [0.4, 0.5) is 0 Å². The molecule has 1 aliphatic carbocycles. The summed E-state index contributed by atoms with van der Waals surface area (Å²) >= 11 is 0. The average molecular weight is 226 g/mol. The smallest absolute Gasteiger partial charge is 0.309 e. The number of hydrogen-bond donors (Lipinski definition) is 1. The summed E-state index contributed by atoms with van der Waals surface area (Å²) < 4.78 is 0. The number of rotatable bonds is 5. The first-order valence-electron chi connectivity index (χ1n) is 6.19. The molecular weight excluding hydrogens is 204 g/mol. The molecule has 0 radical (unpaired) electrons. The van der Waals surface area contributed by atoms with Gasteiger partial charge in [0.05, 0.1) is 5.41 Å². The Morgan fingerprint density at radius 3 is 2.31 bits per heavy atom. The van der Waals surface area contributed by atoms with E-state index in [2.05, 4.69) is 6.92 Å². The maximum atomic E-state index is 11.4. The highest BCUT2D eigenvalue weighted by molar-refractivity contribution is 5.76. The molecule has 92 valence electrons. The van der Waals surface area contributed by atoms with Crippen LogP contribution in [0.5, 0.6) is 0 Å². The molecule has 0 aromatic carbocycles. The molecule has 0 aromatic heterocycles. The van der Waals surface area contributed by atoms with Crippen LogP contribution in [-0.4, -0.2) is 16.9 Å². The summed E-state index contributed by atoms with van der Waals surface area (Å²) in [4.78, 5) is 22.2. The van der Waals surface area contributed by atoms with Gasteiger partial charge in [-0.25, -0.2) is 0 Å². The zero-order chi connectivity index (χ0) is 12.2. The summed E-state index contributed by atoms with van der Waals surface area (Å²) in [5, 5.41) is 9.36. The van der Waals surface area contributed by atoms with E-state index in [9.17, 15) is 14.7 Å². The van der Waals surface area contributed by atoms with E-state index in [1.807, 2.05) is 0 Å². The van der Waals surface area contributed by atoms with Crippen LogP contribution in [0.25, 0.3) is 0 Å². The average Bonchev–Trinajstić information content (AvgIpc) is 2.20. The highest BCUT2D eigenvalue weighted by Gasteiger charge is 2.40. The summed E-state index contributed by atoms with van der Waals surface area (Å²) in [5.41, 5.74) is -0.540. The summed E-state index contributed by atoms with van der Waals surface area (Å²) in [7, 11) is 0. The molecule has 16 heavy (non-hydrogen) atoms. The standard InChI is InChI=1S/C13H22O3/c1-10-5-8-13(9-6-10,12(15)16)7-3-4-11(2)14/h10H,3-9H2,1-2H3,(H,15,16). The second kappa shape index (κ2) is 5.46. The van der Waals surface area contributed by atoms with Gasteiger partial charge in [-0.1, -0.05) is 6.92 Å². The van der Waals surface area contributed by atoms with Crippen molar-refractivity contribution in [1.82, 2.24) is 0 Å². The third-order valence-corrected chi connectivity index (χ3v) is 3.87. The van der Waals surface area contributed by atoms with Gasteiger partial charge in [-0.05, 0) is 51.4 Å². The quantitative estimate of drug-likeness (QED) is 0.784. The minimum atomic E-state index is -0.664. The third kappa shape index (κ3) is 3.32. The lowest BCUT2D eigenvalue weighted by atomic mass is 9.68. The topological polar surface area (TPSA) is 54.4 Å². The molecule has 1 rings (SSSR count). The Kier molecular flexibility index (Phi) is 4.51. The number of Topliss-reactive ketones (excluding diaryl/α,β-unsaturated/α-hetero) is 1. The van der Waals surface area contributed by atoms with Crippen molar-refractivity contribution in [3.05, 3.63) is 0 Å². The Morgan fingerprint density at radius 1 is 1.31 bits per heavy atom. The molecule has 0 aliphatic heterocycles. The maximum Gasteiger partial charge on any atom is 0.309 e. The molecule has 0 bridgehead atoms. The van der Waals surface area contributed by atoms with Crippen LogP contribution < -0.4 is 0 Å². The maximum absolute atomic E-state index is 11.4. The third-order valence-electron chi connectivity index (χ3n) is 3.87. The van der Waals surface area contributed by atoms with Gasteiger partial charge in [-0.15, -0.1) is 0 Å². The van der Waals surface area contributed by atoms with E-state index >= 15 is 0 Å². The van der Waals surface area contributed by atoms with Crippen molar-refractivity contribution >= 4 is 11.8 Å². The second-order valence-electron chi connectivity index (χ2n) is 5.32. The number of ketones is 1. The highest BCUT2D eigenvalue weighted by atomic mass is 16.4. The lowest BCUT2D eigenvalue weighted by Crippen LogP contribution is -2.35. The van der Waals surface area contributed by atoms with E-state index in [1.54, 1.807) is 6.92 Å². The van der Waals surface area contributed by atoms with Crippen molar-refractivity contribution in [3.8, 4) is 0 Å². The van der Waals surface area contributed by atoms with Crippen LogP contribution in [0.2, 0.25) is 0 Å². The van der Waals surface area contributed by atoms with Gasteiger partial charge in [0, 0.05) is 6.42 Å². The van der Waals surface area contributed by atoms with Crippen LogP contribution in [0.15, 0.2) is 0 Å². The van der Waals surface area contributed by atoms with E-state index in [-0.39, 0.29) is 5.78 Å². The number of carbonyl (C=O) groups is 2. The van der Waals surface area contributed by atoms with Crippen LogP contribution in [0, 0.1) is 11.3 Å². The Labute approximate surface area is 97.2 Å². The molecule has 1 aliphatic rings. The molecule has 1 N–H and O–H groups in total. The summed E-state index contributed by atoms with van der Waals surface area (Å²) in [6.07, 6.45) is 5.47. The molecule has 0 unspecified atom stereocenters. The van der Waals surface area contributed by atoms with Gasteiger partial charge in [0.15, 0.2) is 0 Å². The lowest BCUT2D eigenvalue weighted by molar-refractivity contribution is -0.152. The number of aliphatic carboxylic acids is 1.